The number of aromatic carboxylic acids is 1. The lowest BCUT2D eigenvalue weighted by Crippen LogP contribution is -2.12. The molecule has 0 unspecified atom stereocenters. The number of carboxylic acids is 1. The van der Waals surface area contributed by atoms with E-state index in [1.54, 1.807) is 4.68 Å². The van der Waals surface area contributed by atoms with Crippen LogP contribution in [0, 0.1) is 0 Å². The number of hydrogen-bond acceptors (Lipinski definition) is 4. The van der Waals surface area contributed by atoms with Crippen LogP contribution in [0.3, 0.4) is 0 Å². The zero-order valence-electron chi connectivity index (χ0n) is 10.5. The molecule has 2 aromatic heterocycles. The van der Waals surface area contributed by atoms with E-state index >= 15 is 0 Å². The first kappa shape index (κ1) is 11.9. The van der Waals surface area contributed by atoms with Crippen molar-refractivity contribution in [3.05, 3.63) is 29.6 Å². The highest BCUT2D eigenvalue weighted by Gasteiger charge is 2.15. The number of carboxylic acid groups (broad SMARTS) is 1. The molecule has 1 N–H and O–H groups in total. The van der Waals surface area contributed by atoms with Gasteiger partial charge >= 0.3 is 5.97 Å². The molecule has 2 heterocycles. The first-order chi connectivity index (χ1) is 9.24. The SMILES string of the molecule is O=C(O)c1cn(CCn2cnc3c2CCCC3)nn1. The maximum Gasteiger partial charge on any atom is 0.358 e. The van der Waals surface area contributed by atoms with E-state index in [1.165, 1.54) is 30.4 Å². The summed E-state index contributed by atoms with van der Waals surface area (Å²) in [5, 5.41) is 16.2. The van der Waals surface area contributed by atoms with Gasteiger partial charge in [-0.05, 0) is 25.7 Å². The van der Waals surface area contributed by atoms with E-state index in [9.17, 15) is 4.79 Å². The van der Waals surface area contributed by atoms with Crippen LogP contribution in [-0.2, 0) is 25.9 Å². The lowest BCUT2D eigenvalue weighted by Gasteiger charge is -2.13. The van der Waals surface area contributed by atoms with Crippen molar-refractivity contribution < 1.29 is 9.90 Å². The maximum absolute atomic E-state index is 10.7. The van der Waals surface area contributed by atoms with Crippen LogP contribution in [0.4, 0.5) is 0 Å². The molecule has 7 nitrogen and oxygen atoms in total. The van der Waals surface area contributed by atoms with E-state index in [2.05, 4.69) is 19.9 Å². The summed E-state index contributed by atoms with van der Waals surface area (Å²) < 4.78 is 3.69. The lowest BCUT2D eigenvalue weighted by molar-refractivity contribution is 0.0690. The van der Waals surface area contributed by atoms with Crippen molar-refractivity contribution in [2.45, 2.75) is 38.8 Å². The second-order valence-electron chi connectivity index (χ2n) is 4.71. The molecule has 0 saturated carbocycles. The van der Waals surface area contributed by atoms with E-state index in [-0.39, 0.29) is 5.69 Å². The van der Waals surface area contributed by atoms with Gasteiger partial charge in [-0.3, -0.25) is 0 Å². The topological polar surface area (TPSA) is 85.8 Å². The Morgan fingerprint density at radius 1 is 1.32 bits per heavy atom. The molecule has 3 rings (SSSR count). The number of fused-ring (bicyclic) bond motifs is 1. The van der Waals surface area contributed by atoms with Gasteiger partial charge in [-0.25, -0.2) is 14.5 Å². The number of aromatic nitrogens is 5. The van der Waals surface area contributed by atoms with Crippen LogP contribution < -0.4 is 0 Å². The molecule has 0 spiro atoms. The number of nitrogens with zero attached hydrogens (tertiary/aromatic N) is 5. The Kier molecular flexibility index (Phi) is 3.02. The van der Waals surface area contributed by atoms with Crippen molar-refractivity contribution >= 4 is 5.97 Å². The smallest absolute Gasteiger partial charge is 0.358 e. The summed E-state index contributed by atoms with van der Waals surface area (Å²) in [7, 11) is 0. The van der Waals surface area contributed by atoms with Gasteiger partial charge in [0.2, 0.25) is 0 Å². The lowest BCUT2D eigenvalue weighted by atomic mass is 10.0. The Labute approximate surface area is 109 Å². The third kappa shape index (κ3) is 2.35. The number of imidazole rings is 1. The fraction of sp³-hybridized carbons (Fsp3) is 0.500. The minimum Gasteiger partial charge on any atom is -0.476 e. The Balaban J connectivity index is 1.68. The second-order valence-corrected chi connectivity index (χ2v) is 4.71. The molecule has 1 aliphatic carbocycles. The molecule has 19 heavy (non-hydrogen) atoms. The summed E-state index contributed by atoms with van der Waals surface area (Å²) in [6, 6.07) is 0. The van der Waals surface area contributed by atoms with E-state index in [1.807, 2.05) is 6.33 Å². The average molecular weight is 261 g/mol. The summed E-state index contributed by atoms with van der Waals surface area (Å²) in [5.41, 5.74) is 2.49. The second kappa shape index (κ2) is 4.83. The molecule has 0 aromatic carbocycles. The van der Waals surface area contributed by atoms with Crippen LogP contribution in [0.25, 0.3) is 0 Å². The molecule has 0 atom stereocenters. The molecule has 100 valence electrons. The van der Waals surface area contributed by atoms with Crippen molar-refractivity contribution in [2.24, 2.45) is 0 Å². The van der Waals surface area contributed by atoms with Crippen molar-refractivity contribution in [2.75, 3.05) is 0 Å². The Morgan fingerprint density at radius 3 is 2.95 bits per heavy atom. The van der Waals surface area contributed by atoms with Gasteiger partial charge in [0.05, 0.1) is 24.8 Å². The van der Waals surface area contributed by atoms with Crippen LogP contribution in [0.1, 0.15) is 34.7 Å². The highest BCUT2D eigenvalue weighted by molar-refractivity contribution is 5.84. The molecule has 0 amide bonds. The maximum atomic E-state index is 10.7. The highest BCUT2D eigenvalue weighted by Crippen LogP contribution is 2.19. The summed E-state index contributed by atoms with van der Waals surface area (Å²) >= 11 is 0. The van der Waals surface area contributed by atoms with E-state index in [4.69, 9.17) is 5.11 Å². The molecule has 0 aliphatic heterocycles. The van der Waals surface area contributed by atoms with Crippen LogP contribution in [0.2, 0.25) is 0 Å². The molecule has 7 heteroatoms. The molecular weight excluding hydrogens is 246 g/mol. The Morgan fingerprint density at radius 2 is 2.16 bits per heavy atom. The van der Waals surface area contributed by atoms with Crippen molar-refractivity contribution in [3.8, 4) is 0 Å². The fourth-order valence-corrected chi connectivity index (χ4v) is 2.44. The fourth-order valence-electron chi connectivity index (χ4n) is 2.44. The first-order valence-corrected chi connectivity index (χ1v) is 6.40. The zero-order chi connectivity index (χ0) is 13.2. The number of rotatable bonds is 4. The summed E-state index contributed by atoms with van der Waals surface area (Å²) in [6.45, 7) is 1.34. The van der Waals surface area contributed by atoms with Crippen molar-refractivity contribution in [1.29, 1.82) is 0 Å². The van der Waals surface area contributed by atoms with Crippen LogP contribution in [-0.4, -0.2) is 35.6 Å². The van der Waals surface area contributed by atoms with E-state index in [0.29, 0.717) is 6.54 Å². The number of carbonyl (C=O) groups is 1. The number of aryl methyl sites for hydroxylation is 3. The normalized spacial score (nSPS) is 14.3. The summed E-state index contributed by atoms with van der Waals surface area (Å²) in [4.78, 5) is 15.1. The minimum absolute atomic E-state index is 0.0207. The molecule has 2 aromatic rings. The van der Waals surface area contributed by atoms with Gasteiger partial charge in [-0.1, -0.05) is 5.21 Å². The van der Waals surface area contributed by atoms with E-state index < -0.39 is 5.97 Å². The van der Waals surface area contributed by atoms with Gasteiger partial charge in [0, 0.05) is 12.2 Å². The number of hydrogen-bond donors (Lipinski definition) is 1. The predicted octanol–water partition coefficient (Wildman–Crippen LogP) is 0.752. The monoisotopic (exact) mass is 261 g/mol. The minimum atomic E-state index is -1.05. The van der Waals surface area contributed by atoms with Gasteiger partial charge in [-0.15, -0.1) is 5.10 Å². The van der Waals surface area contributed by atoms with Gasteiger partial charge in [0.1, 0.15) is 0 Å². The summed E-state index contributed by atoms with van der Waals surface area (Å²) in [6.07, 6.45) is 7.89. The van der Waals surface area contributed by atoms with Gasteiger partial charge in [0.25, 0.3) is 0 Å². The molecule has 0 bridgehead atoms. The summed E-state index contributed by atoms with van der Waals surface area (Å²) in [5.74, 6) is -1.05. The third-order valence-corrected chi connectivity index (χ3v) is 3.44. The standard InChI is InChI=1S/C12H15N5O2/c18-12(19)10-7-17(15-14-10)6-5-16-8-13-9-3-1-2-4-11(9)16/h7-8H,1-6H2,(H,18,19). The average Bonchev–Trinajstić information content (AvgIpc) is 3.03. The molecule has 1 aliphatic rings. The van der Waals surface area contributed by atoms with Gasteiger partial charge < -0.3 is 9.67 Å². The highest BCUT2D eigenvalue weighted by atomic mass is 16.4. The van der Waals surface area contributed by atoms with Crippen LogP contribution >= 0.6 is 0 Å². The third-order valence-electron chi connectivity index (χ3n) is 3.44. The largest absolute Gasteiger partial charge is 0.476 e. The molecular formula is C12H15N5O2. The van der Waals surface area contributed by atoms with Crippen molar-refractivity contribution in [3.63, 3.8) is 0 Å². The zero-order valence-corrected chi connectivity index (χ0v) is 10.5. The van der Waals surface area contributed by atoms with Crippen LogP contribution in [0.5, 0.6) is 0 Å². The Bertz CT molecular complexity index is 601. The van der Waals surface area contributed by atoms with Crippen molar-refractivity contribution in [1.82, 2.24) is 24.5 Å². The molecule has 0 saturated heterocycles. The van der Waals surface area contributed by atoms with E-state index in [0.717, 1.165) is 19.4 Å². The Hall–Kier alpha value is -2.18. The predicted molar refractivity (Wildman–Crippen MR) is 65.9 cm³/mol. The molecule has 0 radical (unpaired) electrons. The van der Waals surface area contributed by atoms with Gasteiger partial charge in [-0.2, -0.15) is 0 Å². The van der Waals surface area contributed by atoms with Crippen LogP contribution in [0.15, 0.2) is 12.5 Å². The van der Waals surface area contributed by atoms with Gasteiger partial charge in [0.15, 0.2) is 5.69 Å². The first-order valence-electron chi connectivity index (χ1n) is 6.40. The molecule has 0 fully saturated rings. The quantitative estimate of drug-likeness (QED) is 0.877.